The number of para-hydroxylation sites is 2. The highest BCUT2D eigenvalue weighted by atomic mass is 16.3. The number of likely N-dealkylation sites (tertiary alicyclic amines) is 1. The van der Waals surface area contributed by atoms with Crippen LogP contribution in [0.3, 0.4) is 0 Å². The Labute approximate surface area is 270 Å². The predicted molar refractivity (Wildman–Crippen MR) is 176 cm³/mol. The largest absolute Gasteiger partial charge is 0.507 e. The first-order chi connectivity index (χ1) is 22.8. The molecule has 1 unspecified atom stereocenters. The molecule has 5 heterocycles. The lowest BCUT2D eigenvalue weighted by molar-refractivity contribution is -0.135. The first-order valence-corrected chi connectivity index (χ1v) is 16.0. The van der Waals surface area contributed by atoms with Gasteiger partial charge in [-0.2, -0.15) is 5.10 Å². The number of amides is 2. The standard InChI is InChI=1S/C34H37N9O4/c1-40-31-21(6-4-9-27(31)43(34(40)47)28-11-12-30(45)37-33(28)46)7-5-15-41-16-13-23(14-17-41)42-20-22(19-36-42)25-18-26(38-39-32(25)35)24-8-2-3-10-29(24)44/h2-4,6,8-10,18-20,23,28,44H,5,7,11-17H2,1H3,(H2,35,39)(H,37,45,46). The molecule has 0 saturated carbocycles. The maximum Gasteiger partial charge on any atom is 0.329 e. The number of piperidine rings is 2. The molecule has 0 spiro atoms. The van der Waals surface area contributed by atoms with Crippen LogP contribution in [0.15, 0.2) is 65.7 Å². The zero-order valence-corrected chi connectivity index (χ0v) is 26.2. The average molecular weight is 636 g/mol. The zero-order chi connectivity index (χ0) is 32.7. The van der Waals surface area contributed by atoms with Crippen LogP contribution in [0.25, 0.3) is 33.4 Å². The molecule has 2 aliphatic rings. The van der Waals surface area contributed by atoms with E-state index in [1.165, 1.54) is 0 Å². The molecule has 7 rings (SSSR count). The van der Waals surface area contributed by atoms with E-state index in [4.69, 9.17) is 5.73 Å². The lowest BCUT2D eigenvalue weighted by atomic mass is 10.0. The highest BCUT2D eigenvalue weighted by Gasteiger charge is 2.31. The van der Waals surface area contributed by atoms with E-state index < -0.39 is 11.9 Å². The van der Waals surface area contributed by atoms with Crippen LogP contribution in [0.2, 0.25) is 0 Å². The number of carbonyl (C=O) groups excluding carboxylic acids is 2. The first-order valence-electron chi connectivity index (χ1n) is 16.0. The number of nitrogen functional groups attached to an aromatic ring is 1. The lowest BCUT2D eigenvalue weighted by Crippen LogP contribution is -2.44. The molecule has 2 aromatic carbocycles. The van der Waals surface area contributed by atoms with E-state index in [1.54, 1.807) is 40.6 Å². The molecule has 2 saturated heterocycles. The molecule has 1 atom stereocenters. The van der Waals surface area contributed by atoms with Gasteiger partial charge in [0.1, 0.15) is 11.8 Å². The number of phenolic OH excluding ortho intramolecular Hbond substituents is 1. The normalized spacial score (nSPS) is 17.8. The number of nitrogens with zero attached hydrogens (tertiary/aromatic N) is 7. The number of nitrogens with two attached hydrogens (primary N) is 1. The van der Waals surface area contributed by atoms with Crippen LogP contribution in [0.1, 0.15) is 49.8 Å². The van der Waals surface area contributed by atoms with Crippen molar-refractivity contribution in [3.05, 3.63) is 77.0 Å². The number of imidazole rings is 1. The molecule has 47 heavy (non-hydrogen) atoms. The van der Waals surface area contributed by atoms with Crippen molar-refractivity contribution in [1.82, 2.24) is 39.3 Å². The third kappa shape index (κ3) is 5.78. The van der Waals surface area contributed by atoms with Gasteiger partial charge < -0.3 is 15.7 Å². The van der Waals surface area contributed by atoms with Crippen molar-refractivity contribution in [1.29, 1.82) is 0 Å². The van der Waals surface area contributed by atoms with E-state index in [0.717, 1.165) is 73.0 Å². The van der Waals surface area contributed by atoms with Crippen molar-refractivity contribution in [3.63, 3.8) is 0 Å². The number of phenols is 1. The number of hydrogen-bond acceptors (Lipinski definition) is 9. The van der Waals surface area contributed by atoms with Gasteiger partial charge in [0.15, 0.2) is 5.82 Å². The Bertz CT molecular complexity index is 2040. The van der Waals surface area contributed by atoms with Gasteiger partial charge in [-0.3, -0.25) is 28.7 Å². The van der Waals surface area contributed by atoms with Crippen molar-refractivity contribution in [2.24, 2.45) is 7.05 Å². The van der Waals surface area contributed by atoms with E-state index in [1.807, 2.05) is 35.1 Å². The number of rotatable bonds is 8. The number of fused-ring (bicyclic) bond motifs is 1. The third-order valence-electron chi connectivity index (χ3n) is 9.47. The third-order valence-corrected chi connectivity index (χ3v) is 9.47. The van der Waals surface area contributed by atoms with E-state index >= 15 is 0 Å². The molecule has 4 N–H and O–H groups in total. The molecular weight excluding hydrogens is 598 g/mol. The minimum Gasteiger partial charge on any atom is -0.507 e. The molecule has 2 aliphatic heterocycles. The number of carbonyl (C=O) groups is 2. The van der Waals surface area contributed by atoms with Crippen molar-refractivity contribution in [2.75, 3.05) is 25.4 Å². The number of nitrogens with one attached hydrogen (secondary N) is 1. The zero-order valence-electron chi connectivity index (χ0n) is 26.2. The monoisotopic (exact) mass is 635 g/mol. The number of aromatic hydroxyl groups is 1. The summed E-state index contributed by atoms with van der Waals surface area (Å²) in [5.41, 5.74) is 11.3. The van der Waals surface area contributed by atoms with Gasteiger partial charge in [-0.25, -0.2) is 4.79 Å². The van der Waals surface area contributed by atoms with Gasteiger partial charge in [0.25, 0.3) is 0 Å². The Balaban J connectivity index is 0.977. The summed E-state index contributed by atoms with van der Waals surface area (Å²) in [6, 6.07) is 14.3. The second-order valence-corrected chi connectivity index (χ2v) is 12.4. The highest BCUT2D eigenvalue weighted by Crippen LogP contribution is 2.33. The fraction of sp³-hybridized carbons (Fsp3) is 0.353. The van der Waals surface area contributed by atoms with Gasteiger partial charge in [0.2, 0.25) is 11.8 Å². The fourth-order valence-corrected chi connectivity index (χ4v) is 6.98. The van der Waals surface area contributed by atoms with E-state index in [0.29, 0.717) is 23.5 Å². The maximum atomic E-state index is 13.2. The van der Waals surface area contributed by atoms with Crippen molar-refractivity contribution >= 4 is 28.7 Å². The molecule has 242 valence electrons. The van der Waals surface area contributed by atoms with E-state index in [2.05, 4.69) is 31.6 Å². The van der Waals surface area contributed by atoms with Gasteiger partial charge >= 0.3 is 5.69 Å². The summed E-state index contributed by atoms with van der Waals surface area (Å²) in [6.07, 6.45) is 8.01. The van der Waals surface area contributed by atoms with Crippen molar-refractivity contribution in [3.8, 4) is 28.1 Å². The summed E-state index contributed by atoms with van der Waals surface area (Å²) < 4.78 is 5.18. The highest BCUT2D eigenvalue weighted by molar-refractivity contribution is 6.00. The van der Waals surface area contributed by atoms with Crippen LogP contribution in [-0.4, -0.2) is 70.6 Å². The summed E-state index contributed by atoms with van der Waals surface area (Å²) in [5.74, 6) is -0.285. The molecule has 2 amide bonds. The minimum absolute atomic E-state index is 0.131. The van der Waals surface area contributed by atoms with E-state index in [-0.39, 0.29) is 29.8 Å². The number of anilines is 1. The SMILES string of the molecule is Cn1c(=O)n(C2CCC(=O)NC2=O)c2cccc(CCCN3CCC(n4cc(-c5cc(-c6ccccc6O)nnc5N)cn4)CC3)c21. The quantitative estimate of drug-likeness (QED) is 0.217. The number of benzene rings is 2. The summed E-state index contributed by atoms with van der Waals surface area (Å²) in [5, 5.41) is 25.6. The molecule has 13 nitrogen and oxygen atoms in total. The molecule has 0 aliphatic carbocycles. The molecule has 3 aromatic heterocycles. The fourth-order valence-electron chi connectivity index (χ4n) is 6.98. The summed E-state index contributed by atoms with van der Waals surface area (Å²) in [6.45, 7) is 2.83. The Morgan fingerprint density at radius 1 is 1.00 bits per heavy atom. The van der Waals surface area contributed by atoms with Crippen LogP contribution in [0.5, 0.6) is 5.75 Å². The summed E-state index contributed by atoms with van der Waals surface area (Å²) in [7, 11) is 1.74. The Hall–Kier alpha value is -5.30. The number of hydrogen-bond donors (Lipinski definition) is 3. The van der Waals surface area contributed by atoms with Crippen LogP contribution in [-0.2, 0) is 23.1 Å². The topological polar surface area (TPSA) is 166 Å². The summed E-state index contributed by atoms with van der Waals surface area (Å²) >= 11 is 0. The number of aryl methyl sites for hydroxylation is 2. The molecule has 0 bridgehead atoms. The van der Waals surface area contributed by atoms with Crippen molar-refractivity contribution < 1.29 is 14.7 Å². The summed E-state index contributed by atoms with van der Waals surface area (Å²) in [4.78, 5) is 40.0. The Morgan fingerprint density at radius 2 is 1.81 bits per heavy atom. The Morgan fingerprint density at radius 3 is 2.60 bits per heavy atom. The molecule has 0 radical (unpaired) electrons. The minimum atomic E-state index is -0.689. The van der Waals surface area contributed by atoms with Crippen molar-refractivity contribution in [2.45, 2.75) is 50.6 Å². The molecule has 13 heteroatoms. The smallest absolute Gasteiger partial charge is 0.329 e. The van der Waals surface area contributed by atoms with Gasteiger partial charge in [-0.1, -0.05) is 24.3 Å². The van der Waals surface area contributed by atoms with Crippen LogP contribution in [0.4, 0.5) is 5.82 Å². The van der Waals surface area contributed by atoms with Crippen LogP contribution < -0.4 is 16.7 Å². The Kier molecular flexibility index (Phi) is 8.06. The average Bonchev–Trinajstić information content (AvgIpc) is 3.66. The van der Waals surface area contributed by atoms with Gasteiger partial charge in [-0.15, -0.1) is 10.2 Å². The second kappa shape index (κ2) is 12.5. The lowest BCUT2D eigenvalue weighted by Gasteiger charge is -2.32. The second-order valence-electron chi connectivity index (χ2n) is 12.4. The molecule has 5 aromatic rings. The predicted octanol–water partition coefficient (Wildman–Crippen LogP) is 3.20. The number of aromatic nitrogens is 6. The van der Waals surface area contributed by atoms with Gasteiger partial charge in [0.05, 0.1) is 29.0 Å². The first kappa shape index (κ1) is 30.4. The molecule has 2 fully saturated rings. The van der Waals surface area contributed by atoms with Crippen LogP contribution >= 0.6 is 0 Å². The van der Waals surface area contributed by atoms with Crippen LogP contribution in [0, 0.1) is 0 Å². The number of imide groups is 1. The van der Waals surface area contributed by atoms with Gasteiger partial charge in [-0.05, 0) is 68.5 Å². The maximum absolute atomic E-state index is 13.2. The van der Waals surface area contributed by atoms with E-state index in [9.17, 15) is 19.5 Å². The molecular formula is C34H37N9O4. The van der Waals surface area contributed by atoms with Gasteiger partial charge in [0, 0.05) is 49.4 Å².